The molecule has 1 saturated heterocycles. The molecule has 42 heavy (non-hydrogen) atoms. The van der Waals surface area contributed by atoms with Crippen molar-refractivity contribution < 1.29 is 18.3 Å². The lowest BCUT2D eigenvalue weighted by Gasteiger charge is -2.38. The molecule has 12 nitrogen and oxygen atoms in total. The molecule has 0 N–H and O–H groups in total. The third-order valence-electron chi connectivity index (χ3n) is 7.03. The van der Waals surface area contributed by atoms with Gasteiger partial charge in [-0.1, -0.05) is 42.5 Å². The van der Waals surface area contributed by atoms with Gasteiger partial charge in [0.25, 0.3) is 11.4 Å². The molecular weight excluding hydrogens is 601 g/mol. The van der Waals surface area contributed by atoms with Gasteiger partial charge >= 0.3 is 0 Å². The number of hydrogen-bond donors (Lipinski definition) is 0. The Morgan fingerprint density at radius 3 is 2.50 bits per heavy atom. The third kappa shape index (κ3) is 5.99. The number of non-ortho nitro benzene ring substituents is 1. The van der Waals surface area contributed by atoms with Crippen molar-refractivity contribution >= 4 is 66.6 Å². The molecule has 1 fully saturated rings. The highest BCUT2D eigenvalue weighted by atomic mass is 32.2. The molecule has 0 aliphatic carbocycles. The predicted octanol–water partition coefficient (Wildman–Crippen LogP) is 5.60. The number of nitro groups is 2. The summed E-state index contributed by atoms with van der Waals surface area (Å²) in [5.74, 6) is 0.799. The molecule has 4 aromatic rings. The van der Waals surface area contributed by atoms with Crippen molar-refractivity contribution in [3.05, 3.63) is 92.1 Å². The van der Waals surface area contributed by atoms with Crippen LogP contribution in [-0.2, 0) is 10.0 Å². The molecule has 0 radical (unpaired) electrons. The maximum Gasteiger partial charge on any atom is 0.296 e. The lowest BCUT2D eigenvalue weighted by molar-refractivity contribution is -0.396. The molecule has 0 unspecified atom stereocenters. The van der Waals surface area contributed by atoms with Crippen LogP contribution >= 0.6 is 23.1 Å². The number of rotatable bonds is 10. The molecule has 2 aromatic heterocycles. The smallest absolute Gasteiger partial charge is 0.296 e. The zero-order valence-corrected chi connectivity index (χ0v) is 24.8. The number of nitrogens with zero attached hydrogens (tertiary/aromatic N) is 6. The van der Waals surface area contributed by atoms with E-state index in [1.165, 1.54) is 10.6 Å². The first-order chi connectivity index (χ1) is 20.2. The fourth-order valence-electron chi connectivity index (χ4n) is 4.96. The number of hydrogen-bond acceptors (Lipinski definition) is 11. The average molecular weight is 627 g/mol. The van der Waals surface area contributed by atoms with E-state index in [0.29, 0.717) is 32.0 Å². The van der Waals surface area contributed by atoms with Gasteiger partial charge in [0.2, 0.25) is 10.0 Å². The molecule has 0 saturated carbocycles. The monoisotopic (exact) mass is 626 g/mol. The van der Waals surface area contributed by atoms with Crippen LogP contribution in [0.25, 0.3) is 16.3 Å². The summed E-state index contributed by atoms with van der Waals surface area (Å²) in [4.78, 5) is 33.0. The Labute approximate surface area is 250 Å². The number of thioether (sulfide) groups is 1. The number of benzene rings is 2. The number of nitro benzene ring substituents is 2. The Bertz CT molecular complexity index is 1750. The Morgan fingerprint density at radius 1 is 1.10 bits per heavy atom. The Kier molecular flexibility index (Phi) is 8.82. The molecule has 1 aliphatic rings. The standard InChI is InChI=1S/C27H26N6O6S3/c1-40-23-17-41-26-25(23)28-18-29-27(26)30-14-11-20(12-15-30)31(13-5-8-19-6-3-2-4-7-19)42(38,39)24-10-9-21(32(34)35)16-22(24)33(36)37/h2-10,16-18,20H,11-15H2,1H3/b8-5-. The summed E-state index contributed by atoms with van der Waals surface area (Å²) in [5.41, 5.74) is 0.378. The van der Waals surface area contributed by atoms with Crippen LogP contribution in [0.15, 0.2) is 76.1 Å². The molecule has 0 bridgehead atoms. The topological polar surface area (TPSA) is 153 Å². The summed E-state index contributed by atoms with van der Waals surface area (Å²) in [5, 5.41) is 25.1. The van der Waals surface area contributed by atoms with E-state index in [0.717, 1.165) is 38.6 Å². The first kappa shape index (κ1) is 29.6. The van der Waals surface area contributed by atoms with Gasteiger partial charge in [0.05, 0.1) is 20.6 Å². The van der Waals surface area contributed by atoms with Crippen LogP contribution < -0.4 is 4.90 Å². The van der Waals surface area contributed by atoms with Crippen LogP contribution in [0.1, 0.15) is 18.4 Å². The number of anilines is 1. The molecule has 3 heterocycles. The highest BCUT2D eigenvalue weighted by Crippen LogP contribution is 2.37. The number of fused-ring (bicyclic) bond motifs is 1. The van der Waals surface area contributed by atoms with E-state index in [-0.39, 0.29) is 6.54 Å². The van der Waals surface area contributed by atoms with Gasteiger partial charge in [0, 0.05) is 42.0 Å². The number of piperidine rings is 1. The third-order valence-corrected chi connectivity index (χ3v) is 10.9. The Morgan fingerprint density at radius 2 is 1.83 bits per heavy atom. The minimum Gasteiger partial charge on any atom is -0.355 e. The van der Waals surface area contributed by atoms with Crippen molar-refractivity contribution in [3.8, 4) is 0 Å². The van der Waals surface area contributed by atoms with Gasteiger partial charge in [0.15, 0.2) is 4.90 Å². The maximum absolute atomic E-state index is 14.0. The largest absolute Gasteiger partial charge is 0.355 e. The quantitative estimate of drug-likeness (QED) is 0.123. The molecule has 15 heteroatoms. The average Bonchev–Trinajstić information content (AvgIpc) is 3.43. The van der Waals surface area contributed by atoms with Crippen LogP contribution in [0.4, 0.5) is 17.2 Å². The number of thiophene rings is 1. The van der Waals surface area contributed by atoms with Crippen molar-refractivity contribution in [2.45, 2.75) is 28.7 Å². The van der Waals surface area contributed by atoms with E-state index < -0.39 is 42.2 Å². The molecule has 5 rings (SSSR count). The highest BCUT2D eigenvalue weighted by molar-refractivity contribution is 7.99. The fourth-order valence-corrected chi connectivity index (χ4v) is 8.58. The van der Waals surface area contributed by atoms with E-state index in [1.54, 1.807) is 35.3 Å². The second kappa shape index (κ2) is 12.5. The molecule has 218 valence electrons. The van der Waals surface area contributed by atoms with Gasteiger partial charge in [-0.3, -0.25) is 20.2 Å². The fraction of sp³-hybridized carbons (Fsp3) is 0.259. The van der Waals surface area contributed by atoms with Crippen LogP contribution in [0.5, 0.6) is 0 Å². The van der Waals surface area contributed by atoms with Crippen LogP contribution in [0, 0.1) is 20.2 Å². The van der Waals surface area contributed by atoms with Crippen LogP contribution in [-0.4, -0.2) is 64.5 Å². The van der Waals surface area contributed by atoms with Gasteiger partial charge in [-0.2, -0.15) is 4.31 Å². The van der Waals surface area contributed by atoms with Gasteiger partial charge in [0.1, 0.15) is 17.7 Å². The van der Waals surface area contributed by atoms with Crippen LogP contribution in [0.2, 0.25) is 0 Å². The summed E-state index contributed by atoms with van der Waals surface area (Å²) >= 11 is 3.18. The number of aromatic nitrogens is 2. The SMILES string of the molecule is CSc1csc2c(N3CCC(N(C/C=C\c4ccccc4)S(=O)(=O)c4ccc([N+](=O)[O-])cc4[N+](=O)[O-])CC3)ncnc12. The van der Waals surface area contributed by atoms with Gasteiger partial charge in [-0.15, -0.1) is 23.1 Å². The van der Waals surface area contributed by atoms with E-state index in [1.807, 2.05) is 42.0 Å². The van der Waals surface area contributed by atoms with Gasteiger partial charge < -0.3 is 4.90 Å². The zero-order valence-electron chi connectivity index (χ0n) is 22.4. The Balaban J connectivity index is 1.45. The summed E-state index contributed by atoms with van der Waals surface area (Å²) in [6, 6.07) is 11.5. The lowest BCUT2D eigenvalue weighted by Crippen LogP contribution is -2.47. The first-order valence-corrected chi connectivity index (χ1v) is 16.4. The summed E-state index contributed by atoms with van der Waals surface area (Å²) in [6.07, 6.45) is 7.93. The molecule has 1 aliphatic heterocycles. The molecular formula is C27H26N6O6S3. The first-order valence-electron chi connectivity index (χ1n) is 12.9. The van der Waals surface area contributed by atoms with Crippen molar-refractivity contribution in [2.24, 2.45) is 0 Å². The highest BCUT2D eigenvalue weighted by Gasteiger charge is 2.38. The summed E-state index contributed by atoms with van der Waals surface area (Å²) in [6.45, 7) is 0.996. The van der Waals surface area contributed by atoms with Crippen molar-refractivity contribution in [3.63, 3.8) is 0 Å². The van der Waals surface area contributed by atoms with E-state index in [2.05, 4.69) is 14.9 Å². The van der Waals surface area contributed by atoms with Crippen molar-refractivity contribution in [2.75, 3.05) is 30.8 Å². The number of sulfonamides is 1. The minimum absolute atomic E-state index is 0.0319. The molecule has 0 spiro atoms. The zero-order chi connectivity index (χ0) is 29.9. The normalized spacial score (nSPS) is 14.7. The predicted molar refractivity (Wildman–Crippen MR) is 164 cm³/mol. The van der Waals surface area contributed by atoms with E-state index >= 15 is 0 Å². The summed E-state index contributed by atoms with van der Waals surface area (Å²) in [7, 11) is -4.42. The van der Waals surface area contributed by atoms with E-state index in [4.69, 9.17) is 0 Å². The Hall–Kier alpha value is -3.92. The van der Waals surface area contributed by atoms with Gasteiger partial charge in [-0.05, 0) is 30.7 Å². The molecule has 0 atom stereocenters. The van der Waals surface area contributed by atoms with Crippen LogP contribution in [0.3, 0.4) is 0 Å². The van der Waals surface area contributed by atoms with Crippen molar-refractivity contribution in [1.29, 1.82) is 0 Å². The lowest BCUT2D eigenvalue weighted by atomic mass is 10.0. The van der Waals surface area contributed by atoms with E-state index in [9.17, 15) is 28.6 Å². The molecule has 0 amide bonds. The summed E-state index contributed by atoms with van der Waals surface area (Å²) < 4.78 is 30.3. The van der Waals surface area contributed by atoms with Gasteiger partial charge in [-0.25, -0.2) is 18.4 Å². The second-order valence-electron chi connectivity index (χ2n) is 9.45. The minimum atomic E-state index is -4.42. The second-order valence-corrected chi connectivity index (χ2v) is 13.0. The maximum atomic E-state index is 14.0. The molecule has 2 aromatic carbocycles. The van der Waals surface area contributed by atoms with Crippen molar-refractivity contribution in [1.82, 2.24) is 14.3 Å².